The molecule has 3 rings (SSSR count). The third kappa shape index (κ3) is 2.20. The standard InChI is InChI=1S/C18H20N2O2/c1-2-20(16(18(19)22)10-11-17(20)21)12-14-8-5-7-13-6-3-4-9-15(13)14/h3-9,16H,2,10-12H2,1H3,(H-,19,22)/p+1/t16-,20?/m0/s1. The Morgan fingerprint density at radius 3 is 2.68 bits per heavy atom. The Kier molecular flexibility index (Phi) is 3.71. The number of primary amides is 1. The van der Waals surface area contributed by atoms with Crippen molar-refractivity contribution in [3.63, 3.8) is 0 Å². The van der Waals surface area contributed by atoms with Gasteiger partial charge in [0.05, 0.1) is 13.0 Å². The lowest BCUT2D eigenvalue weighted by Crippen LogP contribution is -2.58. The summed E-state index contributed by atoms with van der Waals surface area (Å²) in [7, 11) is 0. The predicted octanol–water partition coefficient (Wildman–Crippen LogP) is 2.35. The molecule has 0 radical (unpaired) electrons. The van der Waals surface area contributed by atoms with E-state index in [0.29, 0.717) is 25.9 Å². The Hall–Kier alpha value is -2.20. The van der Waals surface area contributed by atoms with Gasteiger partial charge in [0, 0.05) is 12.0 Å². The second-order valence-corrected chi connectivity index (χ2v) is 6.00. The average Bonchev–Trinajstić information content (AvgIpc) is 2.85. The van der Waals surface area contributed by atoms with E-state index in [1.807, 2.05) is 31.2 Å². The number of hydrogen-bond acceptors (Lipinski definition) is 2. The molecule has 1 unspecified atom stereocenters. The van der Waals surface area contributed by atoms with Gasteiger partial charge < -0.3 is 5.73 Å². The molecular formula is C18H21N2O2+. The predicted molar refractivity (Wildman–Crippen MR) is 85.7 cm³/mol. The van der Waals surface area contributed by atoms with E-state index < -0.39 is 6.04 Å². The molecule has 1 fully saturated rings. The van der Waals surface area contributed by atoms with E-state index in [1.54, 1.807) is 0 Å². The van der Waals surface area contributed by atoms with Crippen molar-refractivity contribution >= 4 is 22.6 Å². The Morgan fingerprint density at radius 2 is 1.95 bits per heavy atom. The Bertz CT molecular complexity index is 735. The maximum absolute atomic E-state index is 12.5. The van der Waals surface area contributed by atoms with Crippen molar-refractivity contribution in [2.75, 3.05) is 6.54 Å². The molecule has 1 saturated heterocycles. The van der Waals surface area contributed by atoms with Crippen LogP contribution in [-0.4, -0.2) is 28.9 Å². The van der Waals surface area contributed by atoms with Gasteiger partial charge in [-0.1, -0.05) is 42.5 Å². The minimum Gasteiger partial charge on any atom is -0.364 e. The van der Waals surface area contributed by atoms with E-state index in [-0.39, 0.29) is 16.3 Å². The van der Waals surface area contributed by atoms with E-state index in [2.05, 4.69) is 18.2 Å². The molecule has 2 N–H and O–H groups in total. The maximum atomic E-state index is 12.5. The van der Waals surface area contributed by atoms with Gasteiger partial charge in [-0.2, -0.15) is 0 Å². The van der Waals surface area contributed by atoms with Gasteiger partial charge in [-0.15, -0.1) is 0 Å². The summed E-state index contributed by atoms with van der Waals surface area (Å²) in [4.78, 5) is 24.4. The van der Waals surface area contributed by atoms with Crippen molar-refractivity contribution < 1.29 is 14.1 Å². The van der Waals surface area contributed by atoms with Gasteiger partial charge in [-0.3, -0.25) is 4.79 Å². The quantitative estimate of drug-likeness (QED) is 0.881. The van der Waals surface area contributed by atoms with Crippen LogP contribution in [0.3, 0.4) is 0 Å². The zero-order chi connectivity index (χ0) is 15.7. The van der Waals surface area contributed by atoms with Crippen LogP contribution in [0, 0.1) is 0 Å². The number of hydrogen-bond donors (Lipinski definition) is 1. The molecule has 0 aromatic heterocycles. The van der Waals surface area contributed by atoms with Crippen molar-refractivity contribution in [1.29, 1.82) is 0 Å². The molecule has 1 heterocycles. The number of carbonyl (C=O) groups is 2. The number of amides is 2. The minimum absolute atomic E-state index is 0.124. The molecule has 0 aliphatic carbocycles. The van der Waals surface area contributed by atoms with E-state index in [4.69, 9.17) is 5.73 Å². The zero-order valence-corrected chi connectivity index (χ0v) is 12.8. The summed E-state index contributed by atoms with van der Waals surface area (Å²) in [5, 5.41) is 2.29. The SMILES string of the molecule is CC[N+]1(Cc2cccc3ccccc23)C(=O)CC[C@H]1C(N)=O. The fourth-order valence-corrected chi connectivity index (χ4v) is 3.73. The van der Waals surface area contributed by atoms with Crippen LogP contribution in [0.1, 0.15) is 25.3 Å². The van der Waals surface area contributed by atoms with Crippen molar-refractivity contribution in [1.82, 2.24) is 0 Å². The summed E-state index contributed by atoms with van der Waals surface area (Å²) >= 11 is 0. The summed E-state index contributed by atoms with van der Waals surface area (Å²) in [6.07, 6.45) is 0.999. The number of nitrogens with two attached hydrogens (primary N) is 1. The van der Waals surface area contributed by atoms with Crippen LogP contribution in [0.5, 0.6) is 0 Å². The second-order valence-electron chi connectivity index (χ2n) is 6.00. The number of likely N-dealkylation sites (tertiary alicyclic amines) is 1. The van der Waals surface area contributed by atoms with E-state index >= 15 is 0 Å². The highest BCUT2D eigenvalue weighted by atomic mass is 16.2. The minimum atomic E-state index is -0.406. The lowest BCUT2D eigenvalue weighted by atomic mass is 10.0. The molecule has 2 amide bonds. The van der Waals surface area contributed by atoms with E-state index in [0.717, 1.165) is 16.3 Å². The molecule has 4 nitrogen and oxygen atoms in total. The highest BCUT2D eigenvalue weighted by molar-refractivity contribution is 5.87. The maximum Gasteiger partial charge on any atom is 0.314 e. The molecule has 2 aromatic rings. The number of fused-ring (bicyclic) bond motifs is 1. The number of rotatable bonds is 4. The molecule has 0 spiro atoms. The van der Waals surface area contributed by atoms with Crippen molar-refractivity contribution in [2.45, 2.75) is 32.4 Å². The van der Waals surface area contributed by atoms with Gasteiger partial charge in [0.1, 0.15) is 6.54 Å². The third-order valence-corrected chi connectivity index (χ3v) is 4.95. The highest BCUT2D eigenvalue weighted by Gasteiger charge is 2.51. The molecule has 2 atom stereocenters. The van der Waals surface area contributed by atoms with Crippen LogP contribution < -0.4 is 5.73 Å². The van der Waals surface area contributed by atoms with Crippen molar-refractivity contribution in [2.24, 2.45) is 5.73 Å². The van der Waals surface area contributed by atoms with Crippen molar-refractivity contribution in [3.05, 3.63) is 48.0 Å². The molecule has 2 aromatic carbocycles. The fraction of sp³-hybridized carbons (Fsp3) is 0.333. The first kappa shape index (κ1) is 14.7. The number of benzene rings is 2. The van der Waals surface area contributed by atoms with Crippen LogP contribution in [0.2, 0.25) is 0 Å². The number of quaternary nitrogens is 1. The largest absolute Gasteiger partial charge is 0.364 e. The first-order valence-electron chi connectivity index (χ1n) is 7.74. The van der Waals surface area contributed by atoms with Crippen LogP contribution in [0.15, 0.2) is 42.5 Å². The number of likely N-dealkylation sites (N-methyl/N-ethyl adjacent to an activating group) is 1. The topological polar surface area (TPSA) is 60.2 Å². The van der Waals surface area contributed by atoms with Crippen LogP contribution in [0.4, 0.5) is 0 Å². The summed E-state index contributed by atoms with van der Waals surface area (Å²) in [6, 6.07) is 13.8. The van der Waals surface area contributed by atoms with Gasteiger partial charge >= 0.3 is 5.91 Å². The first-order valence-corrected chi connectivity index (χ1v) is 7.74. The second kappa shape index (κ2) is 5.54. The Balaban J connectivity index is 2.08. The van der Waals surface area contributed by atoms with E-state index in [9.17, 15) is 9.59 Å². The summed E-state index contributed by atoms with van der Waals surface area (Å²) in [5.41, 5.74) is 6.67. The zero-order valence-electron chi connectivity index (χ0n) is 12.8. The first-order chi connectivity index (χ1) is 10.6. The van der Waals surface area contributed by atoms with Crippen LogP contribution in [-0.2, 0) is 16.1 Å². The molecule has 22 heavy (non-hydrogen) atoms. The van der Waals surface area contributed by atoms with E-state index in [1.165, 1.54) is 0 Å². The lowest BCUT2D eigenvalue weighted by molar-refractivity contribution is -0.873. The smallest absolute Gasteiger partial charge is 0.314 e. The number of carbonyl (C=O) groups excluding carboxylic acids is 2. The van der Waals surface area contributed by atoms with Gasteiger partial charge in [0.25, 0.3) is 5.91 Å². The summed E-state index contributed by atoms with van der Waals surface area (Å²) in [5.74, 6) is -0.243. The number of nitrogens with zero attached hydrogens (tertiary/aromatic N) is 1. The summed E-state index contributed by atoms with van der Waals surface area (Å²) < 4.78 is 0.156. The molecule has 1 aliphatic heterocycles. The fourth-order valence-electron chi connectivity index (χ4n) is 3.73. The Morgan fingerprint density at radius 1 is 1.23 bits per heavy atom. The lowest BCUT2D eigenvalue weighted by Gasteiger charge is -2.35. The molecule has 1 aliphatic rings. The van der Waals surface area contributed by atoms with Crippen molar-refractivity contribution in [3.8, 4) is 0 Å². The van der Waals surface area contributed by atoms with Gasteiger partial charge in [-0.05, 0) is 17.7 Å². The highest BCUT2D eigenvalue weighted by Crippen LogP contribution is 2.33. The van der Waals surface area contributed by atoms with Crippen LogP contribution >= 0.6 is 0 Å². The molecule has 0 saturated carbocycles. The molecular weight excluding hydrogens is 276 g/mol. The molecule has 114 valence electrons. The van der Waals surface area contributed by atoms with Gasteiger partial charge in [0.15, 0.2) is 6.04 Å². The average molecular weight is 297 g/mol. The Labute approximate surface area is 130 Å². The monoisotopic (exact) mass is 297 g/mol. The van der Waals surface area contributed by atoms with Gasteiger partial charge in [-0.25, -0.2) is 9.28 Å². The summed E-state index contributed by atoms with van der Waals surface area (Å²) in [6.45, 7) is 3.09. The third-order valence-electron chi connectivity index (χ3n) is 4.95. The normalized spacial score (nSPS) is 24.8. The molecule has 4 heteroatoms. The van der Waals surface area contributed by atoms with Gasteiger partial charge in [0.2, 0.25) is 0 Å². The molecule has 0 bridgehead atoms. The van der Waals surface area contributed by atoms with Crippen LogP contribution in [0.25, 0.3) is 10.8 Å².